The van der Waals surface area contributed by atoms with Crippen LogP contribution in [-0.4, -0.2) is 23.3 Å². The molecule has 7 nitrogen and oxygen atoms in total. The third kappa shape index (κ3) is 5.10. The van der Waals surface area contributed by atoms with Crippen molar-refractivity contribution >= 4 is 23.9 Å². The maximum absolute atomic E-state index is 12.0. The van der Waals surface area contributed by atoms with Gasteiger partial charge >= 0.3 is 12.0 Å². The van der Waals surface area contributed by atoms with Crippen LogP contribution in [0.1, 0.15) is 32.8 Å². The number of nitrogens with zero attached hydrogens (tertiary/aromatic N) is 1. The summed E-state index contributed by atoms with van der Waals surface area (Å²) in [7, 11) is 0. The smallest absolute Gasteiger partial charge is 0.339 e. The molecule has 0 spiro atoms. The molecule has 2 aromatic carbocycles. The van der Waals surface area contributed by atoms with Crippen LogP contribution in [-0.2, 0) is 0 Å². The Kier molecular flexibility index (Phi) is 5.78. The minimum atomic E-state index is -0.975. The zero-order valence-corrected chi connectivity index (χ0v) is 16.3. The second-order valence-electron chi connectivity index (χ2n) is 6.74. The number of anilines is 1. The number of benzene rings is 2. The van der Waals surface area contributed by atoms with Gasteiger partial charge in [-0.15, -0.1) is 0 Å². The van der Waals surface area contributed by atoms with E-state index in [1.165, 1.54) is 12.3 Å². The Morgan fingerprint density at radius 1 is 1.00 bits per heavy atom. The second kappa shape index (κ2) is 8.43. The molecule has 3 N–H and O–H groups in total. The van der Waals surface area contributed by atoms with E-state index in [2.05, 4.69) is 15.8 Å². The average Bonchev–Trinajstić information content (AvgIpc) is 3.09. The molecular weight excluding hydrogens is 370 g/mol. The summed E-state index contributed by atoms with van der Waals surface area (Å²) in [6.07, 6.45) is 1.39. The first-order valence-corrected chi connectivity index (χ1v) is 8.94. The maximum Gasteiger partial charge on any atom is 0.339 e. The Bertz CT molecular complexity index is 1080. The van der Waals surface area contributed by atoms with Crippen molar-refractivity contribution in [3.8, 4) is 11.3 Å². The molecule has 148 valence electrons. The predicted molar refractivity (Wildman–Crippen MR) is 112 cm³/mol. The lowest BCUT2D eigenvalue weighted by atomic mass is 10.0. The molecule has 0 aliphatic rings. The monoisotopic (exact) mass is 391 g/mol. The van der Waals surface area contributed by atoms with Crippen molar-refractivity contribution in [3.05, 3.63) is 76.5 Å². The summed E-state index contributed by atoms with van der Waals surface area (Å²) in [6, 6.07) is 13.6. The summed E-state index contributed by atoms with van der Waals surface area (Å²) < 4.78 is 5.71. The summed E-state index contributed by atoms with van der Waals surface area (Å²) >= 11 is 0. The SMILES string of the molecule is Cc1cc(C)cc(NC(=O)N/N=C/c2ccc(-c3ccc(C(=O)O)cc3C)o2)c1. The largest absolute Gasteiger partial charge is 0.478 e. The molecule has 0 aliphatic heterocycles. The normalized spacial score (nSPS) is 10.9. The number of hydrogen-bond acceptors (Lipinski definition) is 4. The zero-order valence-electron chi connectivity index (χ0n) is 16.3. The molecule has 3 aromatic rings. The van der Waals surface area contributed by atoms with E-state index in [1.54, 1.807) is 24.3 Å². The Morgan fingerprint density at radius 3 is 2.38 bits per heavy atom. The molecule has 7 heteroatoms. The molecule has 0 aliphatic carbocycles. The quantitative estimate of drug-likeness (QED) is 0.432. The fourth-order valence-corrected chi connectivity index (χ4v) is 3.00. The molecule has 0 saturated carbocycles. The molecule has 1 aromatic heterocycles. The second-order valence-corrected chi connectivity index (χ2v) is 6.74. The third-order valence-corrected chi connectivity index (χ3v) is 4.20. The predicted octanol–water partition coefficient (Wildman–Crippen LogP) is 4.73. The molecule has 0 unspecified atom stereocenters. The van der Waals surface area contributed by atoms with Gasteiger partial charge in [0.1, 0.15) is 11.5 Å². The third-order valence-electron chi connectivity index (χ3n) is 4.20. The molecule has 1 heterocycles. The summed E-state index contributed by atoms with van der Waals surface area (Å²) in [6.45, 7) is 5.73. The van der Waals surface area contributed by atoms with Crippen LogP contribution in [0.2, 0.25) is 0 Å². The van der Waals surface area contributed by atoms with Crippen molar-refractivity contribution in [2.75, 3.05) is 5.32 Å². The van der Waals surface area contributed by atoms with Crippen molar-refractivity contribution in [3.63, 3.8) is 0 Å². The van der Waals surface area contributed by atoms with Gasteiger partial charge in [0.15, 0.2) is 0 Å². The number of rotatable bonds is 5. The maximum atomic E-state index is 12.0. The van der Waals surface area contributed by atoms with E-state index in [0.29, 0.717) is 17.2 Å². The number of amides is 2. The van der Waals surface area contributed by atoms with Crippen LogP contribution < -0.4 is 10.7 Å². The van der Waals surface area contributed by atoms with Gasteiger partial charge in [0.05, 0.1) is 11.8 Å². The Labute approximate surface area is 168 Å². The minimum absolute atomic E-state index is 0.221. The van der Waals surface area contributed by atoms with Crippen LogP contribution >= 0.6 is 0 Å². The molecule has 29 heavy (non-hydrogen) atoms. The fourth-order valence-electron chi connectivity index (χ4n) is 3.00. The summed E-state index contributed by atoms with van der Waals surface area (Å²) in [5.74, 6) is 0.0612. The average molecular weight is 391 g/mol. The number of aryl methyl sites for hydroxylation is 3. The van der Waals surface area contributed by atoms with E-state index in [4.69, 9.17) is 9.52 Å². The van der Waals surface area contributed by atoms with Gasteiger partial charge in [-0.05, 0) is 73.9 Å². The first-order valence-electron chi connectivity index (χ1n) is 8.94. The summed E-state index contributed by atoms with van der Waals surface area (Å²) in [5, 5.41) is 15.7. The van der Waals surface area contributed by atoms with Crippen LogP contribution in [0.15, 0.2) is 58.0 Å². The number of hydrazone groups is 1. The van der Waals surface area contributed by atoms with Crippen molar-refractivity contribution in [2.24, 2.45) is 5.10 Å². The molecule has 0 fully saturated rings. The van der Waals surface area contributed by atoms with Crippen LogP contribution in [0.5, 0.6) is 0 Å². The molecule has 0 radical (unpaired) electrons. The molecule has 0 bridgehead atoms. The molecule has 0 atom stereocenters. The number of aromatic carboxylic acids is 1. The molecule has 0 saturated heterocycles. The fraction of sp³-hybridized carbons (Fsp3) is 0.136. The Hall–Kier alpha value is -3.87. The van der Waals surface area contributed by atoms with Gasteiger partial charge in [-0.25, -0.2) is 15.0 Å². The van der Waals surface area contributed by atoms with Crippen LogP contribution in [0.3, 0.4) is 0 Å². The topological polar surface area (TPSA) is 104 Å². The van der Waals surface area contributed by atoms with Gasteiger partial charge in [0.2, 0.25) is 0 Å². The van der Waals surface area contributed by atoms with Crippen LogP contribution in [0, 0.1) is 20.8 Å². The van der Waals surface area contributed by atoms with Gasteiger partial charge in [-0.2, -0.15) is 5.10 Å². The number of carboxylic acids is 1. The molecule has 2 amide bonds. The zero-order chi connectivity index (χ0) is 21.0. The van der Waals surface area contributed by atoms with Crippen LogP contribution in [0.4, 0.5) is 10.5 Å². The van der Waals surface area contributed by atoms with E-state index >= 15 is 0 Å². The standard InChI is InChI=1S/C22H21N3O4/c1-13-8-14(2)10-17(9-13)24-22(28)25-23-12-18-5-7-20(29-18)19-6-4-16(21(26)27)11-15(19)3/h4-12H,1-3H3,(H,26,27)(H2,24,25,28)/b23-12+. The number of carboxylic acid groups (broad SMARTS) is 1. The van der Waals surface area contributed by atoms with E-state index in [0.717, 1.165) is 22.3 Å². The van der Waals surface area contributed by atoms with Gasteiger partial charge in [0.25, 0.3) is 0 Å². The molecular formula is C22H21N3O4. The minimum Gasteiger partial charge on any atom is -0.478 e. The highest BCUT2D eigenvalue weighted by molar-refractivity contribution is 5.90. The van der Waals surface area contributed by atoms with Crippen molar-refractivity contribution in [1.82, 2.24) is 5.43 Å². The van der Waals surface area contributed by atoms with E-state index in [1.807, 2.05) is 39.0 Å². The highest BCUT2D eigenvalue weighted by Crippen LogP contribution is 2.26. The lowest BCUT2D eigenvalue weighted by molar-refractivity contribution is 0.0696. The highest BCUT2D eigenvalue weighted by Gasteiger charge is 2.10. The van der Waals surface area contributed by atoms with E-state index in [-0.39, 0.29) is 5.56 Å². The number of furan rings is 1. The number of hydrogen-bond donors (Lipinski definition) is 3. The van der Waals surface area contributed by atoms with Gasteiger partial charge in [0, 0.05) is 11.3 Å². The first-order chi connectivity index (χ1) is 13.8. The lowest BCUT2D eigenvalue weighted by Crippen LogP contribution is -2.24. The van der Waals surface area contributed by atoms with Gasteiger partial charge < -0.3 is 14.8 Å². The highest BCUT2D eigenvalue weighted by atomic mass is 16.4. The summed E-state index contributed by atoms with van der Waals surface area (Å²) in [5.41, 5.74) is 6.99. The van der Waals surface area contributed by atoms with Crippen molar-refractivity contribution in [1.29, 1.82) is 0 Å². The van der Waals surface area contributed by atoms with Gasteiger partial charge in [-0.3, -0.25) is 0 Å². The number of nitrogens with one attached hydrogen (secondary N) is 2. The molecule has 3 rings (SSSR count). The number of carbonyl (C=O) groups is 2. The van der Waals surface area contributed by atoms with Gasteiger partial charge in [-0.1, -0.05) is 12.1 Å². The first kappa shape index (κ1) is 19.9. The Morgan fingerprint density at radius 2 is 1.72 bits per heavy atom. The van der Waals surface area contributed by atoms with Crippen LogP contribution in [0.25, 0.3) is 11.3 Å². The summed E-state index contributed by atoms with van der Waals surface area (Å²) in [4.78, 5) is 23.0. The Balaban J connectivity index is 1.63. The van der Waals surface area contributed by atoms with Crippen molar-refractivity contribution < 1.29 is 19.1 Å². The lowest BCUT2D eigenvalue weighted by Gasteiger charge is -2.06. The number of carbonyl (C=O) groups excluding carboxylic acids is 1. The van der Waals surface area contributed by atoms with Crippen molar-refractivity contribution in [2.45, 2.75) is 20.8 Å². The van der Waals surface area contributed by atoms with E-state index < -0.39 is 12.0 Å². The number of urea groups is 1. The van der Waals surface area contributed by atoms with E-state index in [9.17, 15) is 9.59 Å².